The Labute approximate surface area is 181 Å². The Morgan fingerprint density at radius 3 is 2.63 bits per heavy atom. The van der Waals surface area contributed by atoms with Crippen molar-refractivity contribution in [2.45, 2.75) is 42.9 Å². The second kappa shape index (κ2) is 7.35. The fourth-order valence-electron chi connectivity index (χ4n) is 3.78. The molecule has 5 nitrogen and oxygen atoms in total. The van der Waals surface area contributed by atoms with Gasteiger partial charge in [0.05, 0.1) is 34.0 Å². The molecule has 1 saturated carbocycles. The predicted octanol–water partition coefficient (Wildman–Crippen LogP) is 6.00. The normalized spacial score (nSPS) is 21.7. The average molecular weight is 509 g/mol. The monoisotopic (exact) mass is 507 g/mol. The molecular formula is C19H15BrClF4N3O2. The first kappa shape index (κ1) is 21.3. The van der Waals surface area contributed by atoms with Crippen molar-refractivity contribution in [2.75, 3.05) is 0 Å². The van der Waals surface area contributed by atoms with Crippen LogP contribution in [0, 0.1) is 5.82 Å². The van der Waals surface area contributed by atoms with Gasteiger partial charge < -0.3 is 9.63 Å². The molecule has 0 unspecified atom stereocenters. The Morgan fingerprint density at radius 1 is 1.37 bits per heavy atom. The number of hydrogen-bond acceptors (Lipinski definition) is 4. The number of aromatic nitrogens is 3. The molecule has 1 aromatic carbocycles. The number of alkyl halides is 4. The van der Waals surface area contributed by atoms with E-state index in [1.54, 1.807) is 6.92 Å². The van der Waals surface area contributed by atoms with E-state index in [1.807, 2.05) is 0 Å². The molecule has 3 aromatic rings. The maximum absolute atomic E-state index is 14.4. The van der Waals surface area contributed by atoms with Gasteiger partial charge >= 0.3 is 6.18 Å². The number of rotatable bonds is 4. The summed E-state index contributed by atoms with van der Waals surface area (Å²) >= 11 is 9.32. The Balaban J connectivity index is 1.86. The first-order valence-corrected chi connectivity index (χ1v) is 10.4. The van der Waals surface area contributed by atoms with Crippen LogP contribution in [0.4, 0.5) is 17.6 Å². The molecule has 2 heterocycles. The fourth-order valence-corrected chi connectivity index (χ4v) is 4.55. The second-order valence-electron chi connectivity index (χ2n) is 7.48. The average Bonchev–Trinajstić information content (AvgIpc) is 3.22. The lowest BCUT2D eigenvalue weighted by atomic mass is 9.77. The SMILES string of the molecule is CC1(O)CC(n2ncc(-c3onc(-c4c(F)cccc4Cl)c3CBr)c2C(F)(F)F)C1. The van der Waals surface area contributed by atoms with Crippen molar-refractivity contribution < 1.29 is 27.2 Å². The van der Waals surface area contributed by atoms with E-state index < -0.39 is 29.3 Å². The minimum atomic E-state index is -4.74. The molecule has 1 aliphatic carbocycles. The lowest BCUT2D eigenvalue weighted by Gasteiger charge is -2.41. The molecule has 2 aromatic heterocycles. The lowest BCUT2D eigenvalue weighted by molar-refractivity contribution is -0.148. The van der Waals surface area contributed by atoms with Gasteiger partial charge in [-0.25, -0.2) is 4.39 Å². The maximum atomic E-state index is 14.4. The van der Waals surface area contributed by atoms with Crippen LogP contribution in [0.25, 0.3) is 22.6 Å². The van der Waals surface area contributed by atoms with Crippen molar-refractivity contribution in [3.05, 3.63) is 46.5 Å². The molecular weight excluding hydrogens is 494 g/mol. The quantitative estimate of drug-likeness (QED) is 0.347. The first-order chi connectivity index (χ1) is 14.0. The van der Waals surface area contributed by atoms with E-state index in [0.717, 1.165) is 10.9 Å². The molecule has 11 heteroatoms. The van der Waals surface area contributed by atoms with Gasteiger partial charge in [0.25, 0.3) is 0 Å². The van der Waals surface area contributed by atoms with Gasteiger partial charge in [0.2, 0.25) is 0 Å². The number of hydrogen-bond donors (Lipinski definition) is 1. The highest BCUT2D eigenvalue weighted by atomic mass is 79.9. The van der Waals surface area contributed by atoms with Gasteiger partial charge in [-0.05, 0) is 31.9 Å². The zero-order chi connectivity index (χ0) is 21.8. The summed E-state index contributed by atoms with van der Waals surface area (Å²) in [5, 5.41) is 17.8. The summed E-state index contributed by atoms with van der Waals surface area (Å²) in [6.07, 6.45) is -3.39. The lowest BCUT2D eigenvalue weighted by Crippen LogP contribution is -2.43. The molecule has 0 radical (unpaired) electrons. The number of halogens is 6. The first-order valence-electron chi connectivity index (χ1n) is 8.90. The summed E-state index contributed by atoms with van der Waals surface area (Å²) in [7, 11) is 0. The van der Waals surface area contributed by atoms with E-state index in [4.69, 9.17) is 16.1 Å². The van der Waals surface area contributed by atoms with Crippen LogP contribution in [0.15, 0.2) is 28.9 Å². The molecule has 0 atom stereocenters. The van der Waals surface area contributed by atoms with Crippen LogP contribution >= 0.6 is 27.5 Å². The van der Waals surface area contributed by atoms with Crippen LogP contribution in [0.1, 0.15) is 37.1 Å². The maximum Gasteiger partial charge on any atom is 0.433 e. The number of aliphatic hydroxyl groups is 1. The Hall–Kier alpha value is -1.91. The van der Waals surface area contributed by atoms with Gasteiger partial charge in [0.1, 0.15) is 11.5 Å². The van der Waals surface area contributed by atoms with Crippen LogP contribution in [-0.4, -0.2) is 25.6 Å². The summed E-state index contributed by atoms with van der Waals surface area (Å²) in [6.45, 7) is 1.56. The topological polar surface area (TPSA) is 64.1 Å². The molecule has 0 spiro atoms. The Bertz CT molecular complexity index is 1080. The molecule has 0 bridgehead atoms. The van der Waals surface area contributed by atoms with Gasteiger partial charge in [0.15, 0.2) is 11.5 Å². The summed E-state index contributed by atoms with van der Waals surface area (Å²) in [5.74, 6) is -0.848. The molecule has 1 N–H and O–H groups in total. The highest BCUT2D eigenvalue weighted by Gasteiger charge is 2.47. The molecule has 160 valence electrons. The van der Waals surface area contributed by atoms with Crippen LogP contribution in [-0.2, 0) is 11.5 Å². The van der Waals surface area contributed by atoms with Gasteiger partial charge in [-0.15, -0.1) is 0 Å². The van der Waals surface area contributed by atoms with Crippen LogP contribution in [0.2, 0.25) is 5.02 Å². The Morgan fingerprint density at radius 2 is 2.07 bits per heavy atom. The standard InChI is InChI=1S/C19H15BrClF4N3O2/c1-18(29)5-9(6-18)28-17(19(23,24)25)11(8-26-28)16-10(7-20)15(27-30-16)14-12(21)3-2-4-13(14)22/h2-4,8-9,29H,5-7H2,1H3. The fraction of sp³-hybridized carbons (Fsp3) is 0.368. The predicted molar refractivity (Wildman–Crippen MR) is 105 cm³/mol. The minimum Gasteiger partial charge on any atom is -0.390 e. The van der Waals surface area contributed by atoms with Crippen molar-refractivity contribution in [1.29, 1.82) is 0 Å². The van der Waals surface area contributed by atoms with Crippen LogP contribution in [0.5, 0.6) is 0 Å². The third-order valence-corrected chi connectivity index (χ3v) is 6.00. The molecule has 1 aliphatic rings. The Kier molecular flexibility index (Phi) is 5.22. The third kappa shape index (κ3) is 3.54. The van der Waals surface area contributed by atoms with E-state index in [0.29, 0.717) is 0 Å². The van der Waals surface area contributed by atoms with Gasteiger partial charge in [-0.1, -0.05) is 38.8 Å². The van der Waals surface area contributed by atoms with Crippen LogP contribution < -0.4 is 0 Å². The molecule has 0 amide bonds. The third-order valence-electron chi connectivity index (χ3n) is 5.13. The van der Waals surface area contributed by atoms with E-state index in [-0.39, 0.29) is 51.3 Å². The van der Waals surface area contributed by atoms with Gasteiger partial charge in [0, 0.05) is 10.9 Å². The highest BCUT2D eigenvalue weighted by molar-refractivity contribution is 9.08. The van der Waals surface area contributed by atoms with E-state index in [2.05, 4.69) is 26.2 Å². The summed E-state index contributed by atoms with van der Waals surface area (Å²) in [6, 6.07) is 3.44. The van der Waals surface area contributed by atoms with Gasteiger partial charge in [-0.2, -0.15) is 18.3 Å². The summed E-state index contributed by atoms with van der Waals surface area (Å²) in [4.78, 5) is 0. The summed E-state index contributed by atoms with van der Waals surface area (Å²) in [5.41, 5.74) is -2.17. The molecule has 30 heavy (non-hydrogen) atoms. The smallest absolute Gasteiger partial charge is 0.390 e. The van der Waals surface area contributed by atoms with Gasteiger partial charge in [-0.3, -0.25) is 4.68 Å². The van der Waals surface area contributed by atoms with E-state index in [1.165, 1.54) is 18.2 Å². The van der Waals surface area contributed by atoms with Crippen molar-refractivity contribution in [2.24, 2.45) is 0 Å². The van der Waals surface area contributed by atoms with Crippen molar-refractivity contribution >= 4 is 27.5 Å². The molecule has 0 aliphatic heterocycles. The molecule has 1 fully saturated rings. The zero-order valence-electron chi connectivity index (χ0n) is 15.5. The number of benzene rings is 1. The molecule has 0 saturated heterocycles. The van der Waals surface area contributed by atoms with Crippen LogP contribution in [0.3, 0.4) is 0 Å². The molecule has 4 rings (SSSR count). The second-order valence-corrected chi connectivity index (χ2v) is 8.45. The van der Waals surface area contributed by atoms with Crippen molar-refractivity contribution in [1.82, 2.24) is 14.9 Å². The summed E-state index contributed by atoms with van der Waals surface area (Å²) < 4.78 is 62.4. The van der Waals surface area contributed by atoms with Crippen molar-refractivity contribution in [3.8, 4) is 22.6 Å². The van der Waals surface area contributed by atoms with Crippen molar-refractivity contribution in [3.63, 3.8) is 0 Å². The largest absolute Gasteiger partial charge is 0.433 e. The van der Waals surface area contributed by atoms with E-state index >= 15 is 0 Å². The zero-order valence-corrected chi connectivity index (χ0v) is 17.8. The minimum absolute atomic E-state index is 0.0115. The number of nitrogens with zero attached hydrogens (tertiary/aromatic N) is 3. The van der Waals surface area contributed by atoms with E-state index in [9.17, 15) is 22.7 Å². The highest BCUT2D eigenvalue weighted by Crippen LogP contribution is 2.47.